The smallest absolute Gasteiger partial charge is 0.259 e. The van der Waals surface area contributed by atoms with E-state index in [2.05, 4.69) is 38.2 Å². The van der Waals surface area contributed by atoms with Crippen molar-refractivity contribution in [2.24, 2.45) is 0 Å². The highest BCUT2D eigenvalue weighted by Crippen LogP contribution is 2.33. The molecule has 1 aromatic carbocycles. The summed E-state index contributed by atoms with van der Waals surface area (Å²) >= 11 is 0. The molecule has 7 nitrogen and oxygen atoms in total. The lowest BCUT2D eigenvalue weighted by molar-refractivity contribution is 0.478. The Kier molecular flexibility index (Phi) is 4.30. The molecule has 29 heavy (non-hydrogen) atoms. The van der Waals surface area contributed by atoms with Gasteiger partial charge >= 0.3 is 0 Å². The van der Waals surface area contributed by atoms with Gasteiger partial charge in [-0.25, -0.2) is 15.0 Å². The summed E-state index contributed by atoms with van der Waals surface area (Å²) in [5.74, 6) is 0.690. The Morgan fingerprint density at radius 1 is 1.21 bits per heavy atom. The lowest BCUT2D eigenvalue weighted by Gasteiger charge is -2.25. The van der Waals surface area contributed by atoms with Gasteiger partial charge in [0.1, 0.15) is 11.8 Å². The van der Waals surface area contributed by atoms with E-state index in [1.807, 2.05) is 29.7 Å². The Labute approximate surface area is 168 Å². The van der Waals surface area contributed by atoms with E-state index in [0.717, 1.165) is 40.4 Å². The van der Waals surface area contributed by atoms with E-state index in [-0.39, 0.29) is 17.6 Å². The molecule has 0 aliphatic heterocycles. The number of aromatic nitrogens is 5. The Bertz CT molecular complexity index is 1250. The molecule has 5 rings (SSSR count). The molecule has 1 atom stereocenters. The molecule has 0 radical (unpaired) electrons. The van der Waals surface area contributed by atoms with Crippen LogP contribution < -0.4 is 10.9 Å². The van der Waals surface area contributed by atoms with E-state index in [1.165, 1.54) is 19.2 Å². The van der Waals surface area contributed by atoms with Crippen molar-refractivity contribution in [3.05, 3.63) is 58.5 Å². The first-order valence-electron chi connectivity index (χ1n) is 10.2. The predicted molar refractivity (Wildman–Crippen MR) is 114 cm³/mol. The van der Waals surface area contributed by atoms with E-state index in [4.69, 9.17) is 0 Å². The summed E-state index contributed by atoms with van der Waals surface area (Å²) in [6.07, 6.45) is 7.56. The molecule has 1 aliphatic carbocycles. The summed E-state index contributed by atoms with van der Waals surface area (Å²) < 4.78 is 2.03. The van der Waals surface area contributed by atoms with Crippen molar-refractivity contribution < 1.29 is 0 Å². The number of pyridine rings is 1. The number of anilines is 1. The topological polar surface area (TPSA) is 88.5 Å². The molecule has 4 aromatic rings. The minimum Gasteiger partial charge on any atom is -0.360 e. The van der Waals surface area contributed by atoms with Gasteiger partial charge in [0, 0.05) is 11.7 Å². The number of H-pyrrole nitrogens is 1. The molecule has 0 unspecified atom stereocenters. The summed E-state index contributed by atoms with van der Waals surface area (Å²) in [6, 6.07) is 8.36. The molecule has 3 heterocycles. The van der Waals surface area contributed by atoms with Gasteiger partial charge in [-0.2, -0.15) is 0 Å². The van der Waals surface area contributed by atoms with Gasteiger partial charge < -0.3 is 14.9 Å². The quantitative estimate of drug-likeness (QED) is 0.545. The van der Waals surface area contributed by atoms with Crippen LogP contribution in [0.15, 0.2) is 41.7 Å². The van der Waals surface area contributed by atoms with Crippen LogP contribution in [0, 0.1) is 6.92 Å². The molecule has 0 amide bonds. The zero-order chi connectivity index (χ0) is 20.0. The highest BCUT2D eigenvalue weighted by Gasteiger charge is 2.25. The fourth-order valence-corrected chi connectivity index (χ4v) is 4.60. The van der Waals surface area contributed by atoms with E-state index in [0.29, 0.717) is 11.5 Å². The summed E-state index contributed by atoms with van der Waals surface area (Å²) in [5.41, 5.74) is 3.53. The van der Waals surface area contributed by atoms with Crippen molar-refractivity contribution in [3.63, 3.8) is 0 Å². The van der Waals surface area contributed by atoms with Crippen LogP contribution in [0.2, 0.25) is 0 Å². The first-order chi connectivity index (χ1) is 14.1. The van der Waals surface area contributed by atoms with Crippen molar-refractivity contribution in [3.8, 4) is 0 Å². The molecule has 7 heteroatoms. The van der Waals surface area contributed by atoms with Gasteiger partial charge in [-0.05, 0) is 43.7 Å². The van der Waals surface area contributed by atoms with E-state index < -0.39 is 0 Å². The van der Waals surface area contributed by atoms with E-state index >= 15 is 0 Å². The maximum Gasteiger partial charge on any atom is 0.259 e. The lowest BCUT2D eigenvalue weighted by atomic mass is 10.0. The first-order valence-corrected chi connectivity index (χ1v) is 10.2. The molecule has 1 fully saturated rings. The average molecular weight is 388 g/mol. The zero-order valence-corrected chi connectivity index (χ0v) is 16.6. The number of aryl methyl sites for hydroxylation is 1. The van der Waals surface area contributed by atoms with Crippen molar-refractivity contribution in [2.75, 3.05) is 5.32 Å². The summed E-state index contributed by atoms with van der Waals surface area (Å²) in [5, 5.41) is 5.29. The highest BCUT2D eigenvalue weighted by atomic mass is 16.1. The van der Waals surface area contributed by atoms with Crippen LogP contribution in [-0.4, -0.2) is 24.5 Å². The fourth-order valence-electron chi connectivity index (χ4n) is 4.60. The average Bonchev–Trinajstić information content (AvgIpc) is 3.40. The Morgan fingerprint density at radius 2 is 2.03 bits per heavy atom. The van der Waals surface area contributed by atoms with Crippen LogP contribution in [0.3, 0.4) is 0 Å². The standard InChI is InChI=1S/C22H24N6O/c1-13-6-5-7-15-10-17(28(22(29)18(13)15)16-8-3-4-9-16)14(2)27-21-19-20(24-11-23-19)25-12-26-21/h5-7,10-12,14,16H,3-4,8-9H2,1-2H3,(H2,23,24,25,26,27)/t14-/m0/s1. The highest BCUT2D eigenvalue weighted by molar-refractivity contribution is 5.85. The van der Waals surface area contributed by atoms with Crippen LogP contribution in [0.1, 0.15) is 55.9 Å². The molecule has 148 valence electrons. The second-order valence-corrected chi connectivity index (χ2v) is 7.91. The lowest BCUT2D eigenvalue weighted by Crippen LogP contribution is -2.30. The van der Waals surface area contributed by atoms with Crippen molar-refractivity contribution in [2.45, 2.75) is 51.6 Å². The Morgan fingerprint density at radius 3 is 2.86 bits per heavy atom. The third-order valence-corrected chi connectivity index (χ3v) is 6.03. The molecule has 0 bridgehead atoms. The molecule has 1 aliphatic rings. The number of hydrogen-bond acceptors (Lipinski definition) is 5. The maximum absolute atomic E-state index is 13.6. The first kappa shape index (κ1) is 17.8. The van der Waals surface area contributed by atoms with Gasteiger partial charge in [0.15, 0.2) is 11.5 Å². The molecule has 3 aromatic heterocycles. The molecule has 0 saturated heterocycles. The summed E-state index contributed by atoms with van der Waals surface area (Å²) in [7, 11) is 0. The normalized spacial score (nSPS) is 15.9. The van der Waals surface area contributed by atoms with Crippen molar-refractivity contribution in [1.29, 1.82) is 0 Å². The second kappa shape index (κ2) is 6.99. The van der Waals surface area contributed by atoms with Gasteiger partial charge in [-0.1, -0.05) is 31.0 Å². The Balaban J connectivity index is 1.65. The fraction of sp³-hybridized carbons (Fsp3) is 0.364. The number of aromatic amines is 1. The van der Waals surface area contributed by atoms with Crippen LogP contribution in [0.4, 0.5) is 5.82 Å². The predicted octanol–water partition coefficient (Wildman–Crippen LogP) is 4.26. The second-order valence-electron chi connectivity index (χ2n) is 7.91. The monoisotopic (exact) mass is 388 g/mol. The molecule has 2 N–H and O–H groups in total. The Hall–Kier alpha value is -3.22. The number of benzene rings is 1. The number of nitrogens with one attached hydrogen (secondary N) is 2. The molecular weight excluding hydrogens is 364 g/mol. The van der Waals surface area contributed by atoms with Crippen molar-refractivity contribution in [1.82, 2.24) is 24.5 Å². The minimum absolute atomic E-state index is 0.102. The summed E-state index contributed by atoms with van der Waals surface area (Å²) in [6.45, 7) is 4.09. The minimum atomic E-state index is -0.102. The number of imidazole rings is 1. The van der Waals surface area contributed by atoms with Crippen LogP contribution in [-0.2, 0) is 0 Å². The number of rotatable bonds is 4. The maximum atomic E-state index is 13.6. The summed E-state index contributed by atoms with van der Waals surface area (Å²) in [4.78, 5) is 29.4. The van der Waals surface area contributed by atoms with Crippen LogP contribution >= 0.6 is 0 Å². The molecule has 0 spiro atoms. The van der Waals surface area contributed by atoms with E-state index in [9.17, 15) is 4.79 Å². The third-order valence-electron chi connectivity index (χ3n) is 6.03. The molecule has 1 saturated carbocycles. The third kappa shape index (κ3) is 2.97. The van der Waals surface area contributed by atoms with Crippen molar-refractivity contribution >= 4 is 27.8 Å². The van der Waals surface area contributed by atoms with Gasteiger partial charge in [0.05, 0.1) is 17.8 Å². The molecular formula is C22H24N6O. The van der Waals surface area contributed by atoms with Gasteiger partial charge in [0.25, 0.3) is 5.56 Å². The van der Waals surface area contributed by atoms with Gasteiger partial charge in [-0.3, -0.25) is 4.79 Å². The zero-order valence-electron chi connectivity index (χ0n) is 16.6. The SMILES string of the molecule is Cc1cccc2cc([C@H](C)Nc3ncnc4nc[nH]c34)n(C3CCCC3)c(=O)c12. The largest absolute Gasteiger partial charge is 0.360 e. The van der Waals surface area contributed by atoms with Crippen LogP contribution in [0.25, 0.3) is 21.9 Å². The number of fused-ring (bicyclic) bond motifs is 2. The van der Waals surface area contributed by atoms with E-state index in [1.54, 1.807) is 6.33 Å². The van der Waals surface area contributed by atoms with Gasteiger partial charge in [0.2, 0.25) is 0 Å². The number of nitrogens with zero attached hydrogens (tertiary/aromatic N) is 4. The van der Waals surface area contributed by atoms with Gasteiger partial charge in [-0.15, -0.1) is 0 Å². The van der Waals surface area contributed by atoms with Crippen LogP contribution in [0.5, 0.6) is 0 Å². The number of hydrogen-bond donors (Lipinski definition) is 2.